The maximum absolute atomic E-state index is 12.4. The highest BCUT2D eigenvalue weighted by Crippen LogP contribution is 2.28. The Balaban J connectivity index is 2.15. The van der Waals surface area contributed by atoms with E-state index in [9.17, 15) is 47.6 Å². The summed E-state index contributed by atoms with van der Waals surface area (Å²) in [6.45, 7) is -1.90. The molecule has 1 aromatic carbocycles. The first-order valence-electron chi connectivity index (χ1n) is 11.4. The van der Waals surface area contributed by atoms with Gasteiger partial charge in [0.2, 0.25) is 5.91 Å². The topological polar surface area (TPSA) is 302 Å². The molecule has 1 aliphatic heterocycles. The molecule has 5 atom stereocenters. The molecule has 5 N–H and O–H groups in total. The van der Waals surface area contributed by atoms with Gasteiger partial charge in [-0.2, -0.15) is 33.7 Å². The van der Waals surface area contributed by atoms with Crippen LogP contribution >= 0.6 is 0 Å². The van der Waals surface area contributed by atoms with E-state index in [2.05, 4.69) is 22.0 Å². The Hall–Kier alpha value is -1.91. The highest BCUT2D eigenvalue weighted by Gasteiger charge is 2.45. The Kier molecular flexibility index (Phi) is 13.1. The van der Waals surface area contributed by atoms with Crippen LogP contribution in [0.1, 0.15) is 24.8 Å². The minimum Gasteiger partial charge on any atom is -0.353 e. The van der Waals surface area contributed by atoms with Gasteiger partial charge in [-0.25, -0.2) is 16.7 Å². The average Bonchev–Trinajstić information content (AvgIpc) is 2.82. The lowest BCUT2D eigenvalue weighted by molar-refractivity contribution is -0.244. The molecule has 20 nitrogen and oxygen atoms in total. The van der Waals surface area contributed by atoms with E-state index in [0.29, 0.717) is 5.56 Å². The number of hydrogen-bond donors (Lipinski definition) is 5. The SMILES string of the molecule is O=C(CCC(COS(=O)(=O)O)OS(=O)(=O)O)NC[C@H]1O[C@H](OCc2ccccc2)C[C@@H](OS(=O)(=O)O)[C@@H]1OS(=O)(=O)O. The summed E-state index contributed by atoms with van der Waals surface area (Å²) >= 11 is 0. The average molecular weight is 690 g/mol. The molecule has 2 rings (SSSR count). The number of hydrogen-bond acceptors (Lipinski definition) is 15. The molecule has 1 aliphatic rings. The first-order valence-corrected chi connectivity index (χ1v) is 16.8. The molecule has 1 saturated heterocycles. The molecule has 0 aliphatic carbocycles. The van der Waals surface area contributed by atoms with Crippen molar-refractivity contribution in [3.63, 3.8) is 0 Å². The van der Waals surface area contributed by atoms with Crippen LogP contribution in [-0.2, 0) is 79.2 Å². The van der Waals surface area contributed by atoms with Crippen LogP contribution in [0.3, 0.4) is 0 Å². The van der Waals surface area contributed by atoms with Crippen molar-refractivity contribution >= 4 is 47.5 Å². The molecular weight excluding hydrogens is 662 g/mol. The second-order valence-electron chi connectivity index (χ2n) is 8.39. The second-order valence-corrected chi connectivity index (χ2v) is 12.6. The van der Waals surface area contributed by atoms with Crippen molar-refractivity contribution in [2.24, 2.45) is 0 Å². The molecule has 242 valence electrons. The highest BCUT2D eigenvalue weighted by molar-refractivity contribution is 7.81. The van der Waals surface area contributed by atoms with Gasteiger partial charge in [0.1, 0.15) is 24.4 Å². The lowest BCUT2D eigenvalue weighted by Gasteiger charge is -2.39. The van der Waals surface area contributed by atoms with Gasteiger partial charge in [0.05, 0.1) is 13.2 Å². The molecule has 0 bridgehead atoms. The normalized spacial score (nSPS) is 22.9. The molecule has 1 unspecified atom stereocenters. The Morgan fingerprint density at radius 2 is 1.52 bits per heavy atom. The number of nitrogens with one attached hydrogen (secondary N) is 1. The van der Waals surface area contributed by atoms with Gasteiger partial charge in [0, 0.05) is 19.4 Å². The number of carbonyl (C=O) groups is 1. The number of carbonyl (C=O) groups excluding carboxylic acids is 1. The monoisotopic (exact) mass is 689 g/mol. The highest BCUT2D eigenvalue weighted by atomic mass is 32.3. The van der Waals surface area contributed by atoms with Crippen LogP contribution in [-0.4, -0.2) is 102 Å². The molecule has 0 saturated carbocycles. The van der Waals surface area contributed by atoms with Crippen LogP contribution in [0, 0.1) is 0 Å². The molecule has 0 radical (unpaired) electrons. The van der Waals surface area contributed by atoms with E-state index in [0.717, 1.165) is 0 Å². The summed E-state index contributed by atoms with van der Waals surface area (Å²) in [6, 6.07) is 8.47. The van der Waals surface area contributed by atoms with E-state index < -0.39 is 111 Å². The molecule has 1 amide bonds. The first-order chi connectivity index (χ1) is 19.2. The third-order valence-corrected chi connectivity index (χ3v) is 7.00. The molecular formula is C18H27NO19S4. The van der Waals surface area contributed by atoms with E-state index in [-0.39, 0.29) is 6.61 Å². The molecule has 1 heterocycles. The van der Waals surface area contributed by atoms with Crippen molar-refractivity contribution in [1.82, 2.24) is 5.32 Å². The zero-order chi connectivity index (χ0) is 31.8. The Bertz CT molecular complexity index is 1460. The van der Waals surface area contributed by atoms with Gasteiger partial charge >= 0.3 is 41.6 Å². The predicted molar refractivity (Wildman–Crippen MR) is 134 cm³/mol. The van der Waals surface area contributed by atoms with E-state index in [1.807, 2.05) is 0 Å². The fourth-order valence-electron chi connectivity index (χ4n) is 3.53. The molecule has 24 heteroatoms. The summed E-state index contributed by atoms with van der Waals surface area (Å²) in [5.41, 5.74) is 0.647. The van der Waals surface area contributed by atoms with Crippen LogP contribution < -0.4 is 5.32 Å². The van der Waals surface area contributed by atoms with E-state index >= 15 is 0 Å². The maximum atomic E-state index is 12.4. The number of benzene rings is 1. The van der Waals surface area contributed by atoms with Crippen molar-refractivity contribution in [2.75, 3.05) is 13.2 Å². The predicted octanol–water partition coefficient (Wildman–Crippen LogP) is -1.40. The number of amides is 1. The van der Waals surface area contributed by atoms with Crippen molar-refractivity contribution in [3.8, 4) is 0 Å². The fraction of sp³-hybridized carbons (Fsp3) is 0.611. The van der Waals surface area contributed by atoms with Crippen LogP contribution in [0.2, 0.25) is 0 Å². The molecule has 0 spiro atoms. The third-order valence-electron chi connectivity index (χ3n) is 5.10. The van der Waals surface area contributed by atoms with Gasteiger partial charge in [0.25, 0.3) is 0 Å². The molecule has 1 aromatic rings. The first kappa shape index (κ1) is 36.3. The summed E-state index contributed by atoms with van der Waals surface area (Å²) in [4.78, 5) is 12.4. The summed E-state index contributed by atoms with van der Waals surface area (Å²) in [5.74, 6) is -0.945. The van der Waals surface area contributed by atoms with Crippen LogP contribution in [0.4, 0.5) is 0 Å². The van der Waals surface area contributed by atoms with Gasteiger partial charge in [-0.05, 0) is 12.0 Å². The zero-order valence-electron chi connectivity index (χ0n) is 21.1. The zero-order valence-corrected chi connectivity index (χ0v) is 24.3. The van der Waals surface area contributed by atoms with Gasteiger partial charge in [-0.15, -0.1) is 0 Å². The van der Waals surface area contributed by atoms with Crippen LogP contribution in [0.25, 0.3) is 0 Å². The fourth-order valence-corrected chi connectivity index (χ4v) is 5.38. The van der Waals surface area contributed by atoms with Crippen molar-refractivity contribution in [3.05, 3.63) is 35.9 Å². The molecule has 1 fully saturated rings. The van der Waals surface area contributed by atoms with Crippen molar-refractivity contribution in [1.29, 1.82) is 0 Å². The lowest BCUT2D eigenvalue weighted by atomic mass is 10.0. The van der Waals surface area contributed by atoms with E-state index in [4.69, 9.17) is 18.6 Å². The standard InChI is InChI=1S/C18H27NO19S4/c20-16(7-6-13(36-40(24,25)26)11-34-39(21,22)23)19-9-15-18(38-42(30,31)32)14(37-41(27,28)29)8-17(35-15)33-10-12-4-2-1-3-5-12/h1-5,13-15,17-18H,6-11H2,(H,19,20)(H,21,22,23)(H,24,25,26)(H,27,28,29)(H,30,31,32)/t13?,14-,15-,17+,18+/m1/s1. The summed E-state index contributed by atoms with van der Waals surface area (Å²) in [5, 5.41) is 2.22. The Morgan fingerprint density at radius 3 is 2.07 bits per heavy atom. The molecule has 42 heavy (non-hydrogen) atoms. The van der Waals surface area contributed by atoms with Crippen molar-refractivity contribution in [2.45, 2.75) is 56.6 Å². The molecule has 0 aromatic heterocycles. The van der Waals surface area contributed by atoms with Crippen molar-refractivity contribution < 1.29 is 82.9 Å². The van der Waals surface area contributed by atoms with Gasteiger partial charge in [-0.3, -0.25) is 23.0 Å². The smallest absolute Gasteiger partial charge is 0.353 e. The summed E-state index contributed by atoms with van der Waals surface area (Å²) in [7, 11) is -20.7. The Morgan fingerprint density at radius 1 is 0.905 bits per heavy atom. The minimum absolute atomic E-state index is 0.0895. The Labute approximate surface area is 241 Å². The van der Waals surface area contributed by atoms with E-state index in [1.54, 1.807) is 30.3 Å². The number of ether oxygens (including phenoxy) is 2. The van der Waals surface area contributed by atoms with E-state index in [1.165, 1.54) is 0 Å². The quantitative estimate of drug-likeness (QED) is 0.117. The summed E-state index contributed by atoms with van der Waals surface area (Å²) in [6.07, 6.45) is -10.3. The van der Waals surface area contributed by atoms with Gasteiger partial charge in [0.15, 0.2) is 6.29 Å². The van der Waals surface area contributed by atoms with Gasteiger partial charge < -0.3 is 14.8 Å². The number of rotatable bonds is 17. The second kappa shape index (κ2) is 15.2. The van der Waals surface area contributed by atoms with Crippen LogP contribution in [0.15, 0.2) is 30.3 Å². The minimum atomic E-state index is -5.28. The largest absolute Gasteiger partial charge is 0.397 e. The lowest BCUT2D eigenvalue weighted by Crippen LogP contribution is -2.56. The van der Waals surface area contributed by atoms with Gasteiger partial charge in [-0.1, -0.05) is 30.3 Å². The maximum Gasteiger partial charge on any atom is 0.397 e. The third kappa shape index (κ3) is 15.5. The van der Waals surface area contributed by atoms with Crippen LogP contribution in [0.5, 0.6) is 0 Å². The summed E-state index contributed by atoms with van der Waals surface area (Å²) < 4.78 is 153.